The quantitative estimate of drug-likeness (QED) is 0.510. The van der Waals surface area contributed by atoms with Gasteiger partial charge in [0.05, 0.1) is 4.90 Å². The van der Waals surface area contributed by atoms with Gasteiger partial charge in [-0.3, -0.25) is 0 Å². The number of nitrogens with one attached hydrogen (secondary N) is 1. The third-order valence-corrected chi connectivity index (χ3v) is 4.23. The van der Waals surface area contributed by atoms with Crippen LogP contribution in [0.15, 0.2) is 23.1 Å². The molecule has 1 aromatic rings. The summed E-state index contributed by atoms with van der Waals surface area (Å²) in [4.78, 5) is 0.227. The summed E-state index contributed by atoms with van der Waals surface area (Å²) in [6.45, 7) is 2.25. The van der Waals surface area contributed by atoms with Crippen LogP contribution in [0.2, 0.25) is 0 Å². The molecular weight excluding hydrogens is 252 g/mol. The highest BCUT2D eigenvalue weighted by atomic mass is 32.2. The van der Waals surface area contributed by atoms with Gasteiger partial charge in [0.25, 0.3) is 0 Å². The van der Waals surface area contributed by atoms with Crippen LogP contribution >= 0.6 is 0 Å². The zero-order valence-electron chi connectivity index (χ0n) is 10.5. The average Bonchev–Trinajstić information content (AvgIpc) is 2.32. The van der Waals surface area contributed by atoms with Crippen molar-refractivity contribution in [3.05, 3.63) is 23.8 Å². The Morgan fingerprint density at radius 2 is 2.00 bits per heavy atom. The maximum absolute atomic E-state index is 12.0. The normalized spacial score (nSPS) is 11.7. The lowest BCUT2D eigenvalue weighted by Gasteiger charge is -2.09. The number of rotatable bonds is 7. The Morgan fingerprint density at radius 3 is 2.67 bits per heavy atom. The Morgan fingerprint density at radius 1 is 1.28 bits per heavy atom. The number of aliphatic hydroxyl groups is 1. The lowest BCUT2D eigenvalue weighted by molar-refractivity contribution is 0.283. The maximum atomic E-state index is 12.0. The van der Waals surface area contributed by atoms with Gasteiger partial charge in [-0.05, 0) is 43.9 Å². The van der Waals surface area contributed by atoms with E-state index >= 15 is 0 Å². The number of benzene rings is 1. The van der Waals surface area contributed by atoms with E-state index < -0.39 is 10.0 Å². The molecule has 0 aliphatic carbocycles. The van der Waals surface area contributed by atoms with Gasteiger partial charge in [0, 0.05) is 18.8 Å². The molecule has 0 unspecified atom stereocenters. The first-order valence-electron chi connectivity index (χ1n) is 5.94. The van der Waals surface area contributed by atoms with Crippen LogP contribution in [-0.4, -0.2) is 26.7 Å². The highest BCUT2D eigenvalue weighted by Crippen LogP contribution is 2.17. The van der Waals surface area contributed by atoms with Gasteiger partial charge in [0.15, 0.2) is 0 Å². The van der Waals surface area contributed by atoms with Crippen molar-refractivity contribution in [2.45, 2.75) is 31.1 Å². The predicted octanol–water partition coefficient (Wildman–Crippen LogP) is 1.02. The lowest BCUT2D eigenvalue weighted by atomic mass is 10.2. The molecule has 102 valence electrons. The first-order valence-corrected chi connectivity index (χ1v) is 7.42. The van der Waals surface area contributed by atoms with Crippen LogP contribution in [0.5, 0.6) is 0 Å². The Labute approximate surface area is 108 Å². The maximum Gasteiger partial charge on any atom is 0.240 e. The van der Waals surface area contributed by atoms with Crippen molar-refractivity contribution in [3.8, 4) is 0 Å². The molecule has 0 bridgehead atoms. The van der Waals surface area contributed by atoms with Gasteiger partial charge >= 0.3 is 0 Å². The molecule has 0 spiro atoms. The molecule has 4 N–H and O–H groups in total. The smallest absolute Gasteiger partial charge is 0.240 e. The first kappa shape index (κ1) is 14.9. The number of anilines is 1. The predicted molar refractivity (Wildman–Crippen MR) is 71.7 cm³/mol. The van der Waals surface area contributed by atoms with Crippen LogP contribution in [0.3, 0.4) is 0 Å². The fourth-order valence-electron chi connectivity index (χ4n) is 1.60. The number of sulfonamides is 1. The molecule has 5 nitrogen and oxygen atoms in total. The van der Waals surface area contributed by atoms with Crippen molar-refractivity contribution in [1.29, 1.82) is 0 Å². The molecule has 0 amide bonds. The molecule has 0 saturated carbocycles. The zero-order valence-corrected chi connectivity index (χ0v) is 11.3. The molecule has 0 aromatic heterocycles. The third kappa shape index (κ3) is 4.29. The van der Waals surface area contributed by atoms with Crippen molar-refractivity contribution in [2.24, 2.45) is 0 Å². The SMILES string of the molecule is Cc1ccc(N)cc1S(=O)(=O)NCCCCCO. The molecule has 0 aliphatic heterocycles. The Balaban J connectivity index is 2.66. The summed E-state index contributed by atoms with van der Waals surface area (Å²) < 4.78 is 26.6. The summed E-state index contributed by atoms with van der Waals surface area (Å²) in [6.07, 6.45) is 2.20. The zero-order chi connectivity index (χ0) is 13.6. The number of aliphatic hydroxyl groups excluding tert-OH is 1. The number of nitrogen functional groups attached to an aromatic ring is 1. The fraction of sp³-hybridized carbons (Fsp3) is 0.500. The molecule has 6 heteroatoms. The van der Waals surface area contributed by atoms with Crippen molar-refractivity contribution < 1.29 is 13.5 Å². The number of nitrogens with two attached hydrogens (primary N) is 1. The topological polar surface area (TPSA) is 92.4 Å². The first-order chi connectivity index (χ1) is 8.47. The van der Waals surface area contributed by atoms with E-state index in [1.54, 1.807) is 19.1 Å². The molecule has 0 aliphatic rings. The molecule has 0 saturated heterocycles. The summed E-state index contributed by atoms with van der Waals surface area (Å²) in [5.41, 5.74) is 6.70. The van der Waals surface area contributed by atoms with Gasteiger partial charge < -0.3 is 10.8 Å². The van der Waals surface area contributed by atoms with Crippen LogP contribution in [0.4, 0.5) is 5.69 Å². The molecule has 1 aromatic carbocycles. The van der Waals surface area contributed by atoms with Crippen LogP contribution in [-0.2, 0) is 10.0 Å². The average molecular weight is 272 g/mol. The van der Waals surface area contributed by atoms with Crippen LogP contribution in [0.1, 0.15) is 24.8 Å². The van der Waals surface area contributed by atoms with Crippen molar-refractivity contribution >= 4 is 15.7 Å². The van der Waals surface area contributed by atoms with E-state index in [4.69, 9.17) is 10.8 Å². The summed E-state index contributed by atoms with van der Waals surface area (Å²) in [5.74, 6) is 0. The Kier molecular flexibility index (Phi) is 5.58. The molecule has 0 atom stereocenters. The van der Waals surface area contributed by atoms with Gasteiger partial charge in [-0.1, -0.05) is 6.07 Å². The van der Waals surface area contributed by atoms with Crippen molar-refractivity contribution in [1.82, 2.24) is 4.72 Å². The second-order valence-corrected chi connectivity index (χ2v) is 5.94. The molecule has 0 heterocycles. The van der Waals surface area contributed by atoms with Crippen LogP contribution in [0.25, 0.3) is 0 Å². The van der Waals surface area contributed by atoms with Crippen LogP contribution < -0.4 is 10.5 Å². The molecule has 1 rings (SSSR count). The van der Waals surface area contributed by atoms with E-state index in [0.717, 1.165) is 6.42 Å². The lowest BCUT2D eigenvalue weighted by Crippen LogP contribution is -2.25. The van der Waals surface area contributed by atoms with E-state index in [1.165, 1.54) is 6.07 Å². The minimum atomic E-state index is -3.49. The van der Waals surface area contributed by atoms with Gasteiger partial charge in [-0.25, -0.2) is 13.1 Å². The number of hydrogen-bond donors (Lipinski definition) is 3. The van der Waals surface area contributed by atoms with Gasteiger partial charge in [0.1, 0.15) is 0 Å². The monoisotopic (exact) mass is 272 g/mol. The summed E-state index contributed by atoms with van der Waals surface area (Å²) >= 11 is 0. The minimum absolute atomic E-state index is 0.140. The highest BCUT2D eigenvalue weighted by Gasteiger charge is 2.16. The summed E-state index contributed by atoms with van der Waals surface area (Å²) in [6, 6.07) is 4.83. The minimum Gasteiger partial charge on any atom is -0.399 e. The summed E-state index contributed by atoms with van der Waals surface area (Å²) in [5, 5.41) is 8.62. The largest absolute Gasteiger partial charge is 0.399 e. The van der Waals surface area contributed by atoms with Gasteiger partial charge in [-0.2, -0.15) is 0 Å². The van der Waals surface area contributed by atoms with E-state index in [9.17, 15) is 8.42 Å². The Bertz CT molecular complexity index is 486. The standard InChI is InChI=1S/C12H20N2O3S/c1-10-5-6-11(13)9-12(10)18(16,17)14-7-3-2-4-8-15/h5-6,9,14-15H,2-4,7-8,13H2,1H3. The molecule has 0 radical (unpaired) electrons. The second kappa shape index (κ2) is 6.72. The molecular formula is C12H20N2O3S. The number of hydrogen-bond acceptors (Lipinski definition) is 4. The fourth-order valence-corrected chi connectivity index (χ4v) is 2.96. The van der Waals surface area contributed by atoms with E-state index in [1.807, 2.05) is 0 Å². The molecule has 18 heavy (non-hydrogen) atoms. The highest BCUT2D eigenvalue weighted by molar-refractivity contribution is 7.89. The second-order valence-electron chi connectivity index (χ2n) is 4.21. The van der Waals surface area contributed by atoms with Crippen LogP contribution in [0, 0.1) is 6.92 Å². The van der Waals surface area contributed by atoms with Gasteiger partial charge in [-0.15, -0.1) is 0 Å². The molecule has 0 fully saturated rings. The van der Waals surface area contributed by atoms with Gasteiger partial charge in [0.2, 0.25) is 10.0 Å². The van der Waals surface area contributed by atoms with E-state index in [0.29, 0.717) is 30.6 Å². The van der Waals surface area contributed by atoms with Crippen molar-refractivity contribution in [3.63, 3.8) is 0 Å². The Hall–Kier alpha value is -1.11. The van der Waals surface area contributed by atoms with E-state index in [-0.39, 0.29) is 11.5 Å². The number of aryl methyl sites for hydroxylation is 1. The van der Waals surface area contributed by atoms with Crippen molar-refractivity contribution in [2.75, 3.05) is 18.9 Å². The van der Waals surface area contributed by atoms with E-state index in [2.05, 4.69) is 4.72 Å². The summed E-state index contributed by atoms with van der Waals surface area (Å²) in [7, 11) is -3.49. The third-order valence-electron chi connectivity index (χ3n) is 2.63. The number of unbranched alkanes of at least 4 members (excludes halogenated alkanes) is 2.